The number of ether oxygens (including phenoxy) is 1. The van der Waals surface area contributed by atoms with E-state index in [9.17, 15) is 4.79 Å². The van der Waals surface area contributed by atoms with Gasteiger partial charge in [0.2, 0.25) is 0 Å². The average molecular weight is 276 g/mol. The number of anilines is 1. The van der Waals surface area contributed by atoms with E-state index in [1.165, 1.54) is 52.1 Å². The Bertz CT molecular complexity index is 452. The molecule has 110 valence electrons. The van der Waals surface area contributed by atoms with Crippen LogP contribution in [0.4, 0.5) is 5.82 Å². The molecule has 1 aromatic rings. The summed E-state index contributed by atoms with van der Waals surface area (Å²) in [5.74, 6) is 0.535. The van der Waals surface area contributed by atoms with E-state index in [4.69, 9.17) is 4.74 Å². The van der Waals surface area contributed by atoms with Gasteiger partial charge >= 0.3 is 5.97 Å². The minimum atomic E-state index is -0.326. The van der Waals surface area contributed by atoms with E-state index >= 15 is 0 Å². The average Bonchev–Trinajstić information content (AvgIpc) is 2.41. The fourth-order valence-corrected chi connectivity index (χ4v) is 2.78. The maximum Gasteiger partial charge on any atom is 0.339 e. The Kier molecular flexibility index (Phi) is 5.39. The number of aryl methyl sites for hydroxylation is 1. The number of carbonyl (C=O) groups excluding carboxylic acids is 1. The molecule has 0 atom stereocenters. The molecule has 1 aliphatic rings. The van der Waals surface area contributed by atoms with E-state index in [0.29, 0.717) is 17.3 Å². The first-order valence-corrected chi connectivity index (χ1v) is 7.53. The number of pyridine rings is 1. The molecule has 2 rings (SSSR count). The molecule has 0 unspecified atom stereocenters. The number of aromatic nitrogens is 1. The summed E-state index contributed by atoms with van der Waals surface area (Å²) in [6.45, 7) is 1.84. The second-order valence-electron chi connectivity index (χ2n) is 5.51. The zero-order chi connectivity index (χ0) is 14.4. The normalized spacial score (nSPS) is 17.1. The summed E-state index contributed by atoms with van der Waals surface area (Å²) in [6, 6.07) is 4.17. The van der Waals surface area contributed by atoms with E-state index < -0.39 is 0 Å². The third kappa shape index (κ3) is 3.95. The first-order chi connectivity index (χ1) is 9.70. The predicted octanol–water partition coefficient (Wildman–Crippen LogP) is 3.70. The molecule has 1 N–H and O–H groups in total. The van der Waals surface area contributed by atoms with Crippen molar-refractivity contribution in [3.63, 3.8) is 0 Å². The number of hydrogen-bond donors (Lipinski definition) is 1. The van der Waals surface area contributed by atoms with Gasteiger partial charge in [0, 0.05) is 6.04 Å². The van der Waals surface area contributed by atoms with Gasteiger partial charge in [-0.05, 0) is 31.9 Å². The standard InChI is InChI=1S/C16H24N2O2/c1-12-14(16(19)20-2)10-11-15(17-12)18-13-8-6-4-3-5-7-9-13/h10-11,13H,3-9H2,1-2H3,(H,17,18). The van der Waals surface area contributed by atoms with Crippen LogP contribution in [0.1, 0.15) is 61.0 Å². The van der Waals surface area contributed by atoms with Crippen LogP contribution in [0.25, 0.3) is 0 Å². The number of rotatable bonds is 3. The lowest BCUT2D eigenvalue weighted by atomic mass is 9.97. The zero-order valence-corrected chi connectivity index (χ0v) is 12.4. The second-order valence-corrected chi connectivity index (χ2v) is 5.51. The van der Waals surface area contributed by atoms with Gasteiger partial charge in [-0.25, -0.2) is 9.78 Å². The quantitative estimate of drug-likeness (QED) is 0.855. The third-order valence-corrected chi connectivity index (χ3v) is 3.95. The van der Waals surface area contributed by atoms with Gasteiger partial charge in [-0.2, -0.15) is 0 Å². The minimum Gasteiger partial charge on any atom is -0.465 e. The summed E-state index contributed by atoms with van der Waals surface area (Å²) >= 11 is 0. The van der Waals surface area contributed by atoms with Crippen molar-refractivity contribution in [3.05, 3.63) is 23.4 Å². The van der Waals surface area contributed by atoms with Gasteiger partial charge in [0.25, 0.3) is 0 Å². The second kappa shape index (κ2) is 7.27. The molecule has 1 aliphatic carbocycles. The SMILES string of the molecule is COC(=O)c1ccc(NC2CCCCCCC2)nc1C. The fraction of sp³-hybridized carbons (Fsp3) is 0.625. The third-order valence-electron chi connectivity index (χ3n) is 3.95. The van der Waals surface area contributed by atoms with Crippen molar-refractivity contribution >= 4 is 11.8 Å². The Morgan fingerprint density at radius 1 is 1.20 bits per heavy atom. The molecule has 4 heteroatoms. The maximum absolute atomic E-state index is 11.5. The van der Waals surface area contributed by atoms with Crippen LogP contribution in [0.5, 0.6) is 0 Å². The van der Waals surface area contributed by atoms with Crippen molar-refractivity contribution in [2.24, 2.45) is 0 Å². The molecule has 1 heterocycles. The lowest BCUT2D eigenvalue weighted by Gasteiger charge is -2.21. The lowest BCUT2D eigenvalue weighted by Crippen LogP contribution is -2.21. The number of methoxy groups -OCH3 is 1. The van der Waals surface area contributed by atoms with E-state index in [0.717, 1.165) is 5.82 Å². The van der Waals surface area contributed by atoms with Gasteiger partial charge < -0.3 is 10.1 Å². The molecule has 0 radical (unpaired) electrons. The molecular weight excluding hydrogens is 252 g/mol. The van der Waals surface area contributed by atoms with Crippen molar-refractivity contribution in [2.75, 3.05) is 12.4 Å². The number of nitrogens with zero attached hydrogens (tertiary/aromatic N) is 1. The van der Waals surface area contributed by atoms with Crippen molar-refractivity contribution < 1.29 is 9.53 Å². The molecule has 0 aromatic carbocycles. The Labute approximate surface area is 120 Å². The lowest BCUT2D eigenvalue weighted by molar-refractivity contribution is 0.0599. The van der Waals surface area contributed by atoms with E-state index in [1.54, 1.807) is 6.07 Å². The van der Waals surface area contributed by atoms with Crippen molar-refractivity contribution in [3.8, 4) is 0 Å². The maximum atomic E-state index is 11.5. The van der Waals surface area contributed by atoms with E-state index in [-0.39, 0.29) is 5.97 Å². The zero-order valence-electron chi connectivity index (χ0n) is 12.4. The largest absolute Gasteiger partial charge is 0.465 e. The highest BCUT2D eigenvalue weighted by Crippen LogP contribution is 2.20. The van der Waals surface area contributed by atoms with Crippen LogP contribution in [-0.2, 0) is 4.74 Å². The van der Waals surface area contributed by atoms with Crippen molar-refractivity contribution in [1.82, 2.24) is 4.98 Å². The molecule has 1 aromatic heterocycles. The monoisotopic (exact) mass is 276 g/mol. The minimum absolute atomic E-state index is 0.326. The van der Waals surface area contributed by atoms with Gasteiger partial charge in [0.1, 0.15) is 5.82 Å². The van der Waals surface area contributed by atoms with E-state index in [2.05, 4.69) is 10.3 Å². The Balaban J connectivity index is 2.01. The smallest absolute Gasteiger partial charge is 0.339 e. The predicted molar refractivity (Wildman–Crippen MR) is 80.0 cm³/mol. The molecule has 1 fully saturated rings. The van der Waals surface area contributed by atoms with Crippen LogP contribution in [0.15, 0.2) is 12.1 Å². The number of carbonyl (C=O) groups is 1. The number of nitrogens with one attached hydrogen (secondary N) is 1. The molecule has 0 spiro atoms. The van der Waals surface area contributed by atoms with Crippen LogP contribution in [-0.4, -0.2) is 24.1 Å². The van der Waals surface area contributed by atoms with Gasteiger partial charge in [-0.15, -0.1) is 0 Å². The Morgan fingerprint density at radius 2 is 1.85 bits per heavy atom. The summed E-state index contributed by atoms with van der Waals surface area (Å²) in [4.78, 5) is 16.0. The topological polar surface area (TPSA) is 51.2 Å². The van der Waals surface area contributed by atoms with Crippen LogP contribution < -0.4 is 5.32 Å². The summed E-state index contributed by atoms with van der Waals surface area (Å²) < 4.78 is 4.74. The molecule has 4 nitrogen and oxygen atoms in total. The highest BCUT2D eigenvalue weighted by atomic mass is 16.5. The van der Waals surface area contributed by atoms with Gasteiger partial charge in [-0.1, -0.05) is 32.1 Å². The highest BCUT2D eigenvalue weighted by molar-refractivity contribution is 5.90. The van der Waals surface area contributed by atoms with Crippen LogP contribution in [0.3, 0.4) is 0 Å². The van der Waals surface area contributed by atoms with Gasteiger partial charge in [-0.3, -0.25) is 0 Å². The summed E-state index contributed by atoms with van der Waals surface area (Å²) in [7, 11) is 1.39. The molecule has 0 amide bonds. The number of hydrogen-bond acceptors (Lipinski definition) is 4. The number of esters is 1. The van der Waals surface area contributed by atoms with Crippen LogP contribution in [0.2, 0.25) is 0 Å². The van der Waals surface area contributed by atoms with Gasteiger partial charge in [0.15, 0.2) is 0 Å². The Hall–Kier alpha value is -1.58. The van der Waals surface area contributed by atoms with Crippen LogP contribution >= 0.6 is 0 Å². The summed E-state index contributed by atoms with van der Waals surface area (Å²) in [6.07, 6.45) is 9.04. The van der Waals surface area contributed by atoms with Gasteiger partial charge in [0.05, 0.1) is 18.4 Å². The molecule has 0 aliphatic heterocycles. The summed E-state index contributed by atoms with van der Waals surface area (Å²) in [5.41, 5.74) is 1.25. The van der Waals surface area contributed by atoms with E-state index in [1.807, 2.05) is 13.0 Å². The molecular formula is C16H24N2O2. The Morgan fingerprint density at radius 3 is 2.45 bits per heavy atom. The highest BCUT2D eigenvalue weighted by Gasteiger charge is 2.14. The molecule has 0 saturated heterocycles. The molecule has 20 heavy (non-hydrogen) atoms. The first-order valence-electron chi connectivity index (χ1n) is 7.53. The fourth-order valence-electron chi connectivity index (χ4n) is 2.78. The molecule has 0 bridgehead atoms. The van der Waals surface area contributed by atoms with Crippen molar-refractivity contribution in [1.29, 1.82) is 0 Å². The van der Waals surface area contributed by atoms with Crippen LogP contribution in [0, 0.1) is 6.92 Å². The van der Waals surface area contributed by atoms with Crippen molar-refractivity contribution in [2.45, 2.75) is 57.9 Å². The summed E-state index contributed by atoms with van der Waals surface area (Å²) in [5, 5.41) is 3.51. The first kappa shape index (κ1) is 14.8. The molecule has 1 saturated carbocycles.